The SMILES string of the molecule is COC(CN(C(=O)CCOCCc1cccc(-c2cnn(C)c2)c1)C(C)C(C)C)OC. The van der Waals surface area contributed by atoms with Crippen LogP contribution in [0.3, 0.4) is 0 Å². The predicted octanol–water partition coefficient (Wildman–Crippen LogP) is 3.53. The average Bonchev–Trinajstić information content (AvgIpc) is 3.20. The van der Waals surface area contributed by atoms with Gasteiger partial charge in [0.15, 0.2) is 6.29 Å². The molecule has 1 amide bonds. The second-order valence-corrected chi connectivity index (χ2v) is 8.15. The summed E-state index contributed by atoms with van der Waals surface area (Å²) in [5.41, 5.74) is 3.44. The molecule has 31 heavy (non-hydrogen) atoms. The van der Waals surface area contributed by atoms with E-state index in [1.807, 2.05) is 30.4 Å². The zero-order chi connectivity index (χ0) is 22.8. The summed E-state index contributed by atoms with van der Waals surface area (Å²) >= 11 is 0. The standard InChI is InChI=1S/C24H37N3O4/c1-18(2)19(3)27(17-24(29-5)30-6)23(28)11-13-31-12-10-20-8-7-9-21(14-20)22-15-25-26(4)16-22/h7-9,14-16,18-19,24H,10-13,17H2,1-6H3. The molecule has 2 rings (SSSR count). The van der Waals surface area contributed by atoms with Crippen LogP contribution in [0.15, 0.2) is 36.7 Å². The van der Waals surface area contributed by atoms with Crippen molar-refractivity contribution in [2.24, 2.45) is 13.0 Å². The van der Waals surface area contributed by atoms with Gasteiger partial charge in [-0.2, -0.15) is 5.10 Å². The molecule has 1 aromatic heterocycles. The first-order valence-corrected chi connectivity index (χ1v) is 10.9. The minimum absolute atomic E-state index is 0.0545. The first-order valence-electron chi connectivity index (χ1n) is 10.9. The normalized spacial score (nSPS) is 12.5. The van der Waals surface area contributed by atoms with Gasteiger partial charge in [0, 0.05) is 39.1 Å². The molecule has 0 radical (unpaired) electrons. The molecule has 172 valence electrons. The van der Waals surface area contributed by atoms with Gasteiger partial charge in [0.2, 0.25) is 5.91 Å². The van der Waals surface area contributed by atoms with Crippen molar-refractivity contribution in [1.82, 2.24) is 14.7 Å². The number of aryl methyl sites for hydroxylation is 1. The summed E-state index contributed by atoms with van der Waals surface area (Å²) in [6.45, 7) is 7.65. The number of hydrogen-bond acceptors (Lipinski definition) is 5. The lowest BCUT2D eigenvalue weighted by molar-refractivity contribution is -0.151. The first-order chi connectivity index (χ1) is 14.8. The third kappa shape index (κ3) is 7.76. The van der Waals surface area contributed by atoms with Crippen LogP contribution in [0.4, 0.5) is 0 Å². The fraction of sp³-hybridized carbons (Fsp3) is 0.583. The van der Waals surface area contributed by atoms with Crippen molar-refractivity contribution in [3.63, 3.8) is 0 Å². The van der Waals surface area contributed by atoms with Crippen molar-refractivity contribution < 1.29 is 19.0 Å². The minimum atomic E-state index is -0.432. The van der Waals surface area contributed by atoms with E-state index in [0.717, 1.165) is 17.5 Å². The fourth-order valence-electron chi connectivity index (χ4n) is 3.33. The van der Waals surface area contributed by atoms with Gasteiger partial charge in [-0.15, -0.1) is 0 Å². The van der Waals surface area contributed by atoms with Gasteiger partial charge in [0.05, 0.1) is 32.4 Å². The Morgan fingerprint density at radius 3 is 2.48 bits per heavy atom. The van der Waals surface area contributed by atoms with Gasteiger partial charge in [-0.3, -0.25) is 9.48 Å². The maximum Gasteiger partial charge on any atom is 0.225 e. The van der Waals surface area contributed by atoms with Gasteiger partial charge < -0.3 is 19.1 Å². The van der Waals surface area contributed by atoms with E-state index in [9.17, 15) is 4.79 Å². The highest BCUT2D eigenvalue weighted by Gasteiger charge is 2.25. The van der Waals surface area contributed by atoms with E-state index in [-0.39, 0.29) is 11.9 Å². The molecule has 0 saturated carbocycles. The van der Waals surface area contributed by atoms with Crippen LogP contribution in [-0.2, 0) is 32.5 Å². The van der Waals surface area contributed by atoms with Gasteiger partial charge >= 0.3 is 0 Å². The summed E-state index contributed by atoms with van der Waals surface area (Å²) < 4.78 is 18.2. The van der Waals surface area contributed by atoms with Crippen LogP contribution >= 0.6 is 0 Å². The van der Waals surface area contributed by atoms with Gasteiger partial charge in [-0.05, 0) is 30.4 Å². The molecular weight excluding hydrogens is 394 g/mol. The van der Waals surface area contributed by atoms with Crippen molar-refractivity contribution in [3.05, 3.63) is 42.2 Å². The molecule has 7 heteroatoms. The Balaban J connectivity index is 1.82. The maximum atomic E-state index is 12.8. The highest BCUT2D eigenvalue weighted by molar-refractivity contribution is 5.76. The summed E-state index contributed by atoms with van der Waals surface area (Å²) in [6, 6.07) is 8.48. The lowest BCUT2D eigenvalue weighted by Crippen LogP contribution is -2.46. The number of hydrogen-bond donors (Lipinski definition) is 0. The lowest BCUT2D eigenvalue weighted by atomic mass is 10.0. The summed E-state index contributed by atoms with van der Waals surface area (Å²) in [6.07, 6.45) is 4.57. The number of carbonyl (C=O) groups is 1. The van der Waals surface area contributed by atoms with Gasteiger partial charge in [-0.1, -0.05) is 38.1 Å². The Morgan fingerprint density at radius 2 is 1.87 bits per heavy atom. The summed E-state index contributed by atoms with van der Waals surface area (Å²) in [4.78, 5) is 14.7. The highest BCUT2D eigenvalue weighted by atomic mass is 16.7. The van der Waals surface area contributed by atoms with E-state index in [4.69, 9.17) is 14.2 Å². The van der Waals surface area contributed by atoms with Crippen molar-refractivity contribution >= 4 is 5.91 Å². The average molecular weight is 432 g/mol. The van der Waals surface area contributed by atoms with Crippen LogP contribution in [0.2, 0.25) is 0 Å². The van der Waals surface area contributed by atoms with Gasteiger partial charge in [0.25, 0.3) is 0 Å². The molecular formula is C24H37N3O4. The quantitative estimate of drug-likeness (QED) is 0.359. The second-order valence-electron chi connectivity index (χ2n) is 8.15. The van der Waals surface area contributed by atoms with Crippen molar-refractivity contribution in [1.29, 1.82) is 0 Å². The Labute approximate surface area is 186 Å². The van der Waals surface area contributed by atoms with Crippen molar-refractivity contribution in [2.75, 3.05) is 34.0 Å². The van der Waals surface area contributed by atoms with E-state index >= 15 is 0 Å². The molecule has 7 nitrogen and oxygen atoms in total. The molecule has 0 bridgehead atoms. The topological polar surface area (TPSA) is 65.8 Å². The molecule has 0 N–H and O–H groups in total. The molecule has 1 atom stereocenters. The van der Waals surface area contributed by atoms with E-state index in [0.29, 0.717) is 32.1 Å². The minimum Gasteiger partial charge on any atom is -0.381 e. The number of aromatic nitrogens is 2. The molecule has 0 spiro atoms. The van der Waals surface area contributed by atoms with Gasteiger partial charge in [0.1, 0.15) is 0 Å². The van der Waals surface area contributed by atoms with Crippen LogP contribution in [0.25, 0.3) is 11.1 Å². The molecule has 0 fully saturated rings. The largest absolute Gasteiger partial charge is 0.381 e. The third-order valence-corrected chi connectivity index (χ3v) is 5.61. The lowest BCUT2D eigenvalue weighted by Gasteiger charge is -2.34. The highest BCUT2D eigenvalue weighted by Crippen LogP contribution is 2.20. The predicted molar refractivity (Wildman–Crippen MR) is 122 cm³/mol. The van der Waals surface area contributed by atoms with Crippen LogP contribution in [0, 0.1) is 5.92 Å². The zero-order valence-corrected chi connectivity index (χ0v) is 19.7. The Morgan fingerprint density at radius 1 is 1.13 bits per heavy atom. The zero-order valence-electron chi connectivity index (χ0n) is 19.7. The molecule has 0 aliphatic heterocycles. The molecule has 2 aromatic rings. The second kappa shape index (κ2) is 12.6. The Kier molecular flexibility index (Phi) is 10.2. The Hall–Kier alpha value is -2.22. The monoisotopic (exact) mass is 431 g/mol. The molecule has 1 aromatic carbocycles. The number of benzene rings is 1. The van der Waals surface area contributed by atoms with Crippen LogP contribution in [0.5, 0.6) is 0 Å². The number of methoxy groups -OCH3 is 2. The van der Waals surface area contributed by atoms with Crippen LogP contribution in [-0.4, -0.2) is 66.9 Å². The summed E-state index contributed by atoms with van der Waals surface area (Å²) in [7, 11) is 5.09. The van der Waals surface area contributed by atoms with E-state index in [1.54, 1.807) is 18.9 Å². The third-order valence-electron chi connectivity index (χ3n) is 5.61. The fourth-order valence-corrected chi connectivity index (χ4v) is 3.33. The number of nitrogens with zero attached hydrogens (tertiary/aromatic N) is 3. The molecule has 0 aliphatic carbocycles. The van der Waals surface area contributed by atoms with Gasteiger partial charge in [-0.25, -0.2) is 0 Å². The number of ether oxygens (including phenoxy) is 3. The molecule has 1 heterocycles. The van der Waals surface area contributed by atoms with Crippen molar-refractivity contribution in [2.45, 2.75) is 45.9 Å². The first kappa shape index (κ1) is 25.0. The number of rotatable bonds is 13. The Bertz CT molecular complexity index is 802. The molecule has 1 unspecified atom stereocenters. The van der Waals surface area contributed by atoms with Crippen LogP contribution < -0.4 is 0 Å². The number of carbonyl (C=O) groups excluding carboxylic acids is 1. The van der Waals surface area contributed by atoms with Crippen molar-refractivity contribution in [3.8, 4) is 11.1 Å². The summed E-state index contributed by atoms with van der Waals surface area (Å²) in [5, 5.41) is 4.23. The number of amides is 1. The maximum absolute atomic E-state index is 12.8. The van der Waals surface area contributed by atoms with Crippen LogP contribution in [0.1, 0.15) is 32.8 Å². The smallest absolute Gasteiger partial charge is 0.225 e. The molecule has 0 saturated heterocycles. The van der Waals surface area contributed by atoms with E-state index in [1.165, 1.54) is 5.56 Å². The van der Waals surface area contributed by atoms with E-state index in [2.05, 4.69) is 44.1 Å². The van der Waals surface area contributed by atoms with E-state index < -0.39 is 6.29 Å². The molecule has 0 aliphatic rings. The summed E-state index contributed by atoms with van der Waals surface area (Å²) in [5.74, 6) is 0.394.